The second-order valence-electron chi connectivity index (χ2n) is 3.89. The number of hydrogen-bond acceptors (Lipinski definition) is 2. The summed E-state index contributed by atoms with van der Waals surface area (Å²) in [4.78, 5) is 15.7. The van der Waals surface area contributed by atoms with Crippen molar-refractivity contribution < 1.29 is 9.18 Å². The van der Waals surface area contributed by atoms with E-state index in [0.29, 0.717) is 5.82 Å². The minimum absolute atomic E-state index is 0.0608. The third kappa shape index (κ3) is 3.42. The fourth-order valence-electron chi connectivity index (χ4n) is 1.48. The van der Waals surface area contributed by atoms with Gasteiger partial charge in [-0.3, -0.25) is 5.32 Å². The molecule has 1 aromatic carbocycles. The van der Waals surface area contributed by atoms with Gasteiger partial charge < -0.3 is 5.32 Å². The molecular formula is C13H11ClFN3O. The maximum Gasteiger partial charge on any atom is 0.324 e. The van der Waals surface area contributed by atoms with Crippen LogP contribution in [0.25, 0.3) is 0 Å². The molecule has 1 aromatic heterocycles. The third-order valence-electron chi connectivity index (χ3n) is 2.36. The summed E-state index contributed by atoms with van der Waals surface area (Å²) >= 11 is 5.80. The van der Waals surface area contributed by atoms with Gasteiger partial charge in [0.1, 0.15) is 11.6 Å². The molecule has 0 unspecified atom stereocenters. The molecule has 2 rings (SSSR count). The molecule has 2 amide bonds. The van der Waals surface area contributed by atoms with E-state index in [-0.39, 0.29) is 10.7 Å². The van der Waals surface area contributed by atoms with Gasteiger partial charge in [0, 0.05) is 6.20 Å². The van der Waals surface area contributed by atoms with Crippen LogP contribution < -0.4 is 10.6 Å². The van der Waals surface area contributed by atoms with Crippen LogP contribution in [0.15, 0.2) is 36.5 Å². The Morgan fingerprint density at radius 3 is 2.79 bits per heavy atom. The molecular weight excluding hydrogens is 269 g/mol. The first-order valence-electron chi connectivity index (χ1n) is 5.51. The molecule has 98 valence electrons. The summed E-state index contributed by atoms with van der Waals surface area (Å²) in [5.74, 6) is -0.218. The van der Waals surface area contributed by atoms with Crippen LogP contribution in [0.1, 0.15) is 5.56 Å². The number of aromatic nitrogens is 1. The van der Waals surface area contributed by atoms with Crippen LogP contribution in [0.2, 0.25) is 5.02 Å². The number of aryl methyl sites for hydroxylation is 1. The summed E-state index contributed by atoms with van der Waals surface area (Å²) in [7, 11) is 0. The number of hydrogen-bond donors (Lipinski definition) is 2. The molecule has 1 heterocycles. The second kappa shape index (κ2) is 5.67. The smallest absolute Gasteiger partial charge is 0.304 e. The molecule has 0 saturated carbocycles. The minimum atomic E-state index is -0.606. The van der Waals surface area contributed by atoms with Crippen molar-refractivity contribution in [1.82, 2.24) is 4.98 Å². The van der Waals surface area contributed by atoms with Gasteiger partial charge in [0.05, 0.1) is 10.7 Å². The number of carbonyl (C=O) groups is 1. The SMILES string of the molecule is Cc1ccnc(NC(=O)Nc2c(F)cccc2Cl)c1. The van der Waals surface area contributed by atoms with Crippen LogP contribution >= 0.6 is 11.6 Å². The summed E-state index contributed by atoms with van der Waals surface area (Å²) in [6.45, 7) is 1.87. The van der Waals surface area contributed by atoms with E-state index < -0.39 is 11.8 Å². The van der Waals surface area contributed by atoms with Gasteiger partial charge in [-0.25, -0.2) is 14.2 Å². The highest BCUT2D eigenvalue weighted by atomic mass is 35.5. The molecule has 2 aromatic rings. The number of halogens is 2. The Morgan fingerprint density at radius 1 is 1.32 bits per heavy atom. The van der Waals surface area contributed by atoms with E-state index in [1.807, 2.05) is 6.92 Å². The average molecular weight is 280 g/mol. The number of nitrogens with one attached hydrogen (secondary N) is 2. The van der Waals surface area contributed by atoms with Gasteiger partial charge >= 0.3 is 6.03 Å². The highest BCUT2D eigenvalue weighted by Gasteiger charge is 2.10. The molecule has 0 spiro atoms. The summed E-state index contributed by atoms with van der Waals surface area (Å²) < 4.78 is 13.5. The number of urea groups is 1. The number of benzene rings is 1. The standard InChI is InChI=1S/C13H11ClFN3O/c1-8-5-6-16-11(7-8)17-13(19)18-12-9(14)3-2-4-10(12)15/h2-7H,1H3,(H2,16,17,18,19). The zero-order valence-corrected chi connectivity index (χ0v) is 10.8. The van der Waals surface area contributed by atoms with Crippen molar-refractivity contribution in [3.8, 4) is 0 Å². The van der Waals surface area contributed by atoms with Crippen molar-refractivity contribution in [2.75, 3.05) is 10.6 Å². The van der Waals surface area contributed by atoms with E-state index in [9.17, 15) is 9.18 Å². The van der Waals surface area contributed by atoms with Crippen molar-refractivity contribution in [2.24, 2.45) is 0 Å². The van der Waals surface area contributed by atoms with Gasteiger partial charge in [-0.1, -0.05) is 17.7 Å². The van der Waals surface area contributed by atoms with Crippen molar-refractivity contribution in [3.63, 3.8) is 0 Å². The number of amides is 2. The van der Waals surface area contributed by atoms with E-state index in [2.05, 4.69) is 15.6 Å². The predicted octanol–water partition coefficient (Wildman–Crippen LogP) is 3.83. The molecule has 0 radical (unpaired) electrons. The number of nitrogens with zero attached hydrogens (tertiary/aromatic N) is 1. The lowest BCUT2D eigenvalue weighted by Crippen LogP contribution is -2.21. The molecule has 4 nitrogen and oxygen atoms in total. The second-order valence-corrected chi connectivity index (χ2v) is 4.30. The lowest BCUT2D eigenvalue weighted by molar-refractivity contribution is 0.262. The van der Waals surface area contributed by atoms with Crippen molar-refractivity contribution in [1.29, 1.82) is 0 Å². The highest BCUT2D eigenvalue weighted by Crippen LogP contribution is 2.24. The van der Waals surface area contributed by atoms with Crippen LogP contribution in [-0.2, 0) is 0 Å². The molecule has 0 atom stereocenters. The first-order chi connectivity index (χ1) is 9.06. The molecule has 0 saturated heterocycles. The Balaban J connectivity index is 2.10. The first kappa shape index (κ1) is 13.3. The normalized spacial score (nSPS) is 10.1. The lowest BCUT2D eigenvalue weighted by Gasteiger charge is -2.09. The molecule has 2 N–H and O–H groups in total. The molecule has 0 aliphatic rings. The highest BCUT2D eigenvalue weighted by molar-refractivity contribution is 6.33. The number of anilines is 2. The molecule has 0 bridgehead atoms. The summed E-state index contributed by atoms with van der Waals surface area (Å²) in [5, 5.41) is 4.98. The molecule has 19 heavy (non-hydrogen) atoms. The molecule has 0 aliphatic carbocycles. The van der Waals surface area contributed by atoms with E-state index in [1.54, 1.807) is 18.3 Å². The van der Waals surface area contributed by atoms with Crippen molar-refractivity contribution >= 4 is 29.1 Å². The van der Waals surface area contributed by atoms with E-state index >= 15 is 0 Å². The fraction of sp³-hybridized carbons (Fsp3) is 0.0769. The quantitative estimate of drug-likeness (QED) is 0.878. The van der Waals surface area contributed by atoms with Gasteiger partial charge in [0.2, 0.25) is 0 Å². The molecule has 0 aliphatic heterocycles. The average Bonchev–Trinajstić information content (AvgIpc) is 2.34. The largest absolute Gasteiger partial charge is 0.324 e. The molecule has 6 heteroatoms. The van der Waals surface area contributed by atoms with Gasteiger partial charge in [0.25, 0.3) is 0 Å². The van der Waals surface area contributed by atoms with Crippen LogP contribution in [0.4, 0.5) is 20.7 Å². The Labute approximate surface area is 114 Å². The fourth-order valence-corrected chi connectivity index (χ4v) is 1.69. The topological polar surface area (TPSA) is 54.0 Å². The molecule has 0 fully saturated rings. The van der Waals surface area contributed by atoms with Gasteiger partial charge in [-0.05, 0) is 36.8 Å². The Bertz CT molecular complexity index is 598. The number of rotatable bonds is 2. The Morgan fingerprint density at radius 2 is 2.11 bits per heavy atom. The Kier molecular flexibility index (Phi) is 3.97. The van der Waals surface area contributed by atoms with Crippen LogP contribution in [0.5, 0.6) is 0 Å². The van der Waals surface area contributed by atoms with E-state index in [1.165, 1.54) is 18.2 Å². The van der Waals surface area contributed by atoms with Crippen molar-refractivity contribution in [3.05, 3.63) is 52.9 Å². The minimum Gasteiger partial charge on any atom is -0.304 e. The van der Waals surface area contributed by atoms with E-state index in [0.717, 1.165) is 5.56 Å². The van der Waals surface area contributed by atoms with Gasteiger partial charge in [-0.15, -0.1) is 0 Å². The van der Waals surface area contributed by atoms with Crippen LogP contribution in [-0.4, -0.2) is 11.0 Å². The van der Waals surface area contributed by atoms with Crippen LogP contribution in [0.3, 0.4) is 0 Å². The number of carbonyl (C=O) groups excluding carboxylic acids is 1. The zero-order chi connectivity index (χ0) is 13.8. The maximum absolute atomic E-state index is 13.5. The predicted molar refractivity (Wildman–Crippen MR) is 73.0 cm³/mol. The number of para-hydroxylation sites is 1. The van der Waals surface area contributed by atoms with Gasteiger partial charge in [0.15, 0.2) is 0 Å². The maximum atomic E-state index is 13.5. The van der Waals surface area contributed by atoms with Crippen molar-refractivity contribution in [2.45, 2.75) is 6.92 Å². The Hall–Kier alpha value is -2.14. The van der Waals surface area contributed by atoms with Crippen LogP contribution in [0, 0.1) is 12.7 Å². The van der Waals surface area contributed by atoms with E-state index in [4.69, 9.17) is 11.6 Å². The lowest BCUT2D eigenvalue weighted by atomic mass is 10.3. The summed E-state index contributed by atoms with van der Waals surface area (Å²) in [5.41, 5.74) is 0.892. The third-order valence-corrected chi connectivity index (χ3v) is 2.67. The van der Waals surface area contributed by atoms with Gasteiger partial charge in [-0.2, -0.15) is 0 Å². The first-order valence-corrected chi connectivity index (χ1v) is 5.89. The zero-order valence-electron chi connectivity index (χ0n) is 10.1. The number of pyridine rings is 1. The monoisotopic (exact) mass is 279 g/mol. The summed E-state index contributed by atoms with van der Waals surface area (Å²) in [6.07, 6.45) is 1.57. The summed E-state index contributed by atoms with van der Waals surface area (Å²) in [6, 6.07) is 7.06.